The standard InChI is InChI=1S/C18H18ClN3O4/c1-23-13-9-12(16(24-2)18(26-4)17(13)25-3)15-14(20-22-21-15)10-5-7-11(19)8-6-10/h5-9H,1-4H3,(H,20,21,22). The molecule has 0 bridgehead atoms. The largest absolute Gasteiger partial charge is 0.493 e. The Morgan fingerprint density at radius 1 is 0.769 bits per heavy atom. The first-order valence-corrected chi connectivity index (χ1v) is 8.06. The van der Waals surface area contributed by atoms with Crippen LogP contribution >= 0.6 is 11.6 Å². The summed E-state index contributed by atoms with van der Waals surface area (Å²) in [5.74, 6) is 1.81. The van der Waals surface area contributed by atoms with Crippen LogP contribution in [0.15, 0.2) is 30.3 Å². The summed E-state index contributed by atoms with van der Waals surface area (Å²) in [7, 11) is 6.17. The van der Waals surface area contributed by atoms with Crippen molar-refractivity contribution in [1.82, 2.24) is 15.4 Å². The lowest BCUT2D eigenvalue weighted by atomic mass is 10.0. The van der Waals surface area contributed by atoms with Crippen LogP contribution in [0.2, 0.25) is 5.02 Å². The predicted octanol–water partition coefficient (Wildman–Crippen LogP) is 3.83. The predicted molar refractivity (Wildman–Crippen MR) is 98.5 cm³/mol. The fourth-order valence-corrected chi connectivity index (χ4v) is 2.86. The molecule has 0 aliphatic rings. The lowest BCUT2D eigenvalue weighted by molar-refractivity contribution is 0.306. The molecule has 0 aliphatic heterocycles. The van der Waals surface area contributed by atoms with Crippen molar-refractivity contribution in [2.75, 3.05) is 28.4 Å². The first-order valence-electron chi connectivity index (χ1n) is 7.68. The summed E-state index contributed by atoms with van der Waals surface area (Å²) in [6, 6.07) is 9.10. The van der Waals surface area contributed by atoms with Crippen molar-refractivity contribution in [1.29, 1.82) is 0 Å². The van der Waals surface area contributed by atoms with Crippen LogP contribution in [0.5, 0.6) is 23.0 Å². The molecule has 0 aliphatic carbocycles. The van der Waals surface area contributed by atoms with Gasteiger partial charge < -0.3 is 18.9 Å². The zero-order valence-corrected chi connectivity index (χ0v) is 15.5. The molecule has 0 unspecified atom stereocenters. The van der Waals surface area contributed by atoms with Crippen molar-refractivity contribution in [3.8, 4) is 45.5 Å². The molecule has 26 heavy (non-hydrogen) atoms. The third kappa shape index (κ3) is 3.01. The van der Waals surface area contributed by atoms with Crippen LogP contribution in [-0.2, 0) is 0 Å². The van der Waals surface area contributed by atoms with Gasteiger partial charge in [0.1, 0.15) is 11.4 Å². The van der Waals surface area contributed by atoms with E-state index in [-0.39, 0.29) is 0 Å². The first kappa shape index (κ1) is 17.9. The zero-order valence-electron chi connectivity index (χ0n) is 14.8. The molecule has 0 radical (unpaired) electrons. The second kappa shape index (κ2) is 7.53. The van der Waals surface area contributed by atoms with Gasteiger partial charge in [0.2, 0.25) is 11.5 Å². The lowest BCUT2D eigenvalue weighted by Crippen LogP contribution is -2.00. The number of H-pyrrole nitrogens is 1. The highest BCUT2D eigenvalue weighted by atomic mass is 35.5. The normalized spacial score (nSPS) is 10.5. The van der Waals surface area contributed by atoms with Gasteiger partial charge in [-0.1, -0.05) is 23.7 Å². The fraction of sp³-hybridized carbons (Fsp3) is 0.222. The number of benzene rings is 2. The minimum atomic E-state index is 0.411. The molecule has 0 atom stereocenters. The molecule has 0 saturated heterocycles. The summed E-state index contributed by atoms with van der Waals surface area (Å²) in [6.45, 7) is 0. The molecular weight excluding hydrogens is 358 g/mol. The highest BCUT2D eigenvalue weighted by Gasteiger charge is 2.25. The highest BCUT2D eigenvalue weighted by molar-refractivity contribution is 6.30. The quantitative estimate of drug-likeness (QED) is 0.705. The first-order chi connectivity index (χ1) is 12.6. The Morgan fingerprint density at radius 2 is 1.38 bits per heavy atom. The molecule has 3 aromatic rings. The monoisotopic (exact) mass is 375 g/mol. The van der Waals surface area contributed by atoms with Gasteiger partial charge in [-0.3, -0.25) is 0 Å². The summed E-state index contributed by atoms with van der Waals surface area (Å²) in [5, 5.41) is 11.9. The Hall–Kier alpha value is -2.93. The van der Waals surface area contributed by atoms with E-state index in [0.717, 1.165) is 5.56 Å². The smallest absolute Gasteiger partial charge is 0.207 e. The summed E-state index contributed by atoms with van der Waals surface area (Å²) in [4.78, 5) is 0. The average Bonchev–Trinajstić information content (AvgIpc) is 3.16. The molecule has 2 aromatic carbocycles. The van der Waals surface area contributed by atoms with E-state index >= 15 is 0 Å². The molecular formula is C18H18ClN3O4. The topological polar surface area (TPSA) is 78.5 Å². The Labute approximate surface area is 155 Å². The Balaban J connectivity index is 2.25. The van der Waals surface area contributed by atoms with Crippen molar-refractivity contribution >= 4 is 11.6 Å². The van der Waals surface area contributed by atoms with Crippen molar-refractivity contribution < 1.29 is 18.9 Å². The molecule has 136 valence electrons. The maximum atomic E-state index is 5.98. The van der Waals surface area contributed by atoms with Crippen LogP contribution in [0.25, 0.3) is 22.5 Å². The van der Waals surface area contributed by atoms with Gasteiger partial charge in [-0.15, -0.1) is 0 Å². The van der Waals surface area contributed by atoms with Crippen LogP contribution in [0, 0.1) is 0 Å². The third-order valence-electron chi connectivity index (χ3n) is 3.91. The van der Waals surface area contributed by atoms with Crippen LogP contribution in [-0.4, -0.2) is 43.8 Å². The van der Waals surface area contributed by atoms with Gasteiger partial charge in [0, 0.05) is 10.6 Å². The summed E-state index contributed by atoms with van der Waals surface area (Å²) < 4.78 is 21.9. The van der Waals surface area contributed by atoms with E-state index in [2.05, 4.69) is 15.4 Å². The minimum Gasteiger partial charge on any atom is -0.493 e. The minimum absolute atomic E-state index is 0.411. The van der Waals surface area contributed by atoms with Gasteiger partial charge in [-0.25, -0.2) is 0 Å². The van der Waals surface area contributed by atoms with Crippen molar-refractivity contribution in [3.63, 3.8) is 0 Å². The zero-order chi connectivity index (χ0) is 18.7. The van der Waals surface area contributed by atoms with Crippen LogP contribution in [0.3, 0.4) is 0 Å². The van der Waals surface area contributed by atoms with E-state index in [1.54, 1.807) is 32.4 Å². The second-order valence-corrected chi connectivity index (χ2v) is 5.69. The van der Waals surface area contributed by atoms with Gasteiger partial charge >= 0.3 is 0 Å². The van der Waals surface area contributed by atoms with Crippen molar-refractivity contribution in [2.24, 2.45) is 0 Å². The molecule has 0 spiro atoms. The van der Waals surface area contributed by atoms with Crippen LogP contribution < -0.4 is 18.9 Å². The van der Waals surface area contributed by atoms with Gasteiger partial charge in [0.05, 0.1) is 34.0 Å². The summed E-state index contributed by atoms with van der Waals surface area (Å²) in [6.07, 6.45) is 0. The number of aromatic amines is 1. The summed E-state index contributed by atoms with van der Waals surface area (Å²) in [5.41, 5.74) is 2.74. The molecule has 7 nitrogen and oxygen atoms in total. The molecule has 8 heteroatoms. The van der Waals surface area contributed by atoms with Crippen molar-refractivity contribution in [3.05, 3.63) is 35.4 Å². The highest BCUT2D eigenvalue weighted by Crippen LogP contribution is 2.50. The van der Waals surface area contributed by atoms with E-state index < -0.39 is 0 Å². The molecule has 0 saturated carbocycles. The van der Waals surface area contributed by atoms with E-state index in [1.165, 1.54) is 14.2 Å². The van der Waals surface area contributed by atoms with E-state index in [9.17, 15) is 0 Å². The molecule has 1 aromatic heterocycles. The van der Waals surface area contributed by atoms with Crippen LogP contribution in [0.4, 0.5) is 0 Å². The molecule has 3 rings (SSSR count). The second-order valence-electron chi connectivity index (χ2n) is 5.25. The van der Waals surface area contributed by atoms with Crippen molar-refractivity contribution in [2.45, 2.75) is 0 Å². The lowest BCUT2D eigenvalue weighted by Gasteiger charge is -2.18. The van der Waals surface area contributed by atoms with Gasteiger partial charge in [-0.05, 0) is 18.2 Å². The fourth-order valence-electron chi connectivity index (χ4n) is 2.74. The van der Waals surface area contributed by atoms with Crippen LogP contribution in [0.1, 0.15) is 0 Å². The average molecular weight is 376 g/mol. The molecule has 1 heterocycles. The number of nitrogens with zero attached hydrogens (tertiary/aromatic N) is 2. The Bertz CT molecular complexity index is 910. The molecule has 1 N–H and O–H groups in total. The number of nitrogens with one attached hydrogen (secondary N) is 1. The molecule has 0 amide bonds. The number of rotatable bonds is 6. The van der Waals surface area contributed by atoms with E-state index in [1.807, 2.05) is 12.1 Å². The SMILES string of the molecule is COc1cc(-c2n[nH]nc2-c2ccc(Cl)cc2)c(OC)c(OC)c1OC. The number of halogens is 1. The third-order valence-corrected chi connectivity index (χ3v) is 4.16. The number of aromatic nitrogens is 3. The number of hydrogen-bond donors (Lipinski definition) is 1. The molecule has 0 fully saturated rings. The summed E-state index contributed by atoms with van der Waals surface area (Å²) >= 11 is 5.98. The van der Waals surface area contributed by atoms with E-state index in [4.69, 9.17) is 30.5 Å². The maximum Gasteiger partial charge on any atom is 0.207 e. The maximum absolute atomic E-state index is 5.98. The van der Waals surface area contributed by atoms with E-state index in [0.29, 0.717) is 45.0 Å². The number of ether oxygens (including phenoxy) is 4. The van der Waals surface area contributed by atoms with Gasteiger partial charge in [-0.2, -0.15) is 15.4 Å². The number of hydrogen-bond acceptors (Lipinski definition) is 6. The Kier molecular flexibility index (Phi) is 5.18. The Morgan fingerprint density at radius 3 is 1.96 bits per heavy atom. The number of methoxy groups -OCH3 is 4. The van der Waals surface area contributed by atoms with Gasteiger partial charge in [0.15, 0.2) is 11.5 Å². The van der Waals surface area contributed by atoms with Gasteiger partial charge in [0.25, 0.3) is 0 Å².